The second kappa shape index (κ2) is 13.9. The van der Waals surface area contributed by atoms with Crippen molar-refractivity contribution in [2.45, 2.75) is 76.3 Å². The minimum atomic E-state index is -4.48. The molecule has 0 fully saturated rings. The van der Waals surface area contributed by atoms with Gasteiger partial charge in [-0.3, -0.25) is 4.68 Å². The molecule has 0 aliphatic rings. The number of aliphatic hydroxyl groups is 1. The lowest BCUT2D eigenvalue weighted by Crippen LogP contribution is -2.69. The van der Waals surface area contributed by atoms with E-state index in [2.05, 4.69) is 20.1 Å². The number of hydrogen-bond donors (Lipinski definition) is 3. The van der Waals surface area contributed by atoms with E-state index in [0.29, 0.717) is 30.5 Å². The highest BCUT2D eigenvalue weighted by Gasteiger charge is 2.52. The second-order valence-electron chi connectivity index (χ2n) is 10.9. The summed E-state index contributed by atoms with van der Waals surface area (Å²) in [5, 5.41) is 18.9. The fraction of sp³-hybridized carbons (Fsp3) is 0.483. The highest BCUT2D eigenvalue weighted by Crippen LogP contribution is 2.40. The van der Waals surface area contributed by atoms with Crippen LogP contribution in [0, 0.1) is 5.41 Å². The molecular weight excluding hydrogens is 587 g/mol. The van der Waals surface area contributed by atoms with E-state index in [4.69, 9.17) is 4.74 Å². The van der Waals surface area contributed by atoms with Crippen LogP contribution >= 0.6 is 0 Å². The van der Waals surface area contributed by atoms with Crippen molar-refractivity contribution in [1.29, 1.82) is 0 Å². The van der Waals surface area contributed by atoms with Crippen molar-refractivity contribution in [3.05, 3.63) is 66.5 Å². The molecule has 0 unspecified atom stereocenters. The van der Waals surface area contributed by atoms with Gasteiger partial charge in [0, 0.05) is 24.5 Å². The lowest BCUT2D eigenvalue weighted by molar-refractivity contribution is -0.137. The first-order chi connectivity index (χ1) is 20.1. The minimum absolute atomic E-state index is 0.117. The Balaban J connectivity index is 2.01. The van der Waals surface area contributed by atoms with Crippen LogP contribution in [0.3, 0.4) is 0 Å². The van der Waals surface area contributed by atoms with Crippen molar-refractivity contribution in [2.75, 3.05) is 13.2 Å². The van der Waals surface area contributed by atoms with E-state index >= 15 is 0 Å². The summed E-state index contributed by atoms with van der Waals surface area (Å²) in [6, 6.07) is 10.6. The van der Waals surface area contributed by atoms with Crippen molar-refractivity contribution >= 4 is 16.1 Å². The van der Waals surface area contributed by atoms with Crippen LogP contribution < -0.4 is 10.0 Å². The molecule has 1 amide bonds. The zero-order valence-corrected chi connectivity index (χ0v) is 25.4. The van der Waals surface area contributed by atoms with E-state index in [1.807, 2.05) is 27.7 Å². The standard InChI is InChI=1S/C29H38F3N5O5S/c1-5-15-27(3,4)28(35-26(39)42-18-6-2,24(38)19-34-43(40,41)25-9-7-8-16-33-25)20-37-17-14-23(36-37)21-10-12-22(13-11-21)29(30,31)32/h7-14,16-17,24,34,38H,5-6,15,18-20H2,1-4H3,(H,35,39)/t24-,28+/m1/s1. The molecular formula is C29H38F3N5O5S. The van der Waals surface area contributed by atoms with Gasteiger partial charge in [0.1, 0.15) is 0 Å². The molecule has 0 aliphatic heterocycles. The molecule has 43 heavy (non-hydrogen) atoms. The Kier molecular flexibility index (Phi) is 11.0. The SMILES string of the molecule is CCCOC(=O)N[C@@](Cn1ccc(-c2ccc(C(F)(F)F)cc2)n1)([C@H](O)CNS(=O)(=O)c1ccccn1)C(C)(C)CCC. The summed E-state index contributed by atoms with van der Waals surface area (Å²) in [6.07, 6.45) is -2.12. The minimum Gasteiger partial charge on any atom is -0.450 e. The van der Waals surface area contributed by atoms with Crippen LogP contribution in [0.2, 0.25) is 0 Å². The summed E-state index contributed by atoms with van der Waals surface area (Å²) in [7, 11) is -4.10. The van der Waals surface area contributed by atoms with E-state index in [0.717, 1.165) is 12.1 Å². The molecule has 2 heterocycles. The largest absolute Gasteiger partial charge is 0.450 e. The number of carbonyl (C=O) groups is 1. The highest BCUT2D eigenvalue weighted by atomic mass is 32.2. The molecule has 236 valence electrons. The van der Waals surface area contributed by atoms with Gasteiger partial charge in [-0.2, -0.15) is 18.3 Å². The number of ether oxygens (including phenoxy) is 1. The molecule has 0 aliphatic carbocycles. The number of aliphatic hydroxyl groups excluding tert-OH is 1. The summed E-state index contributed by atoms with van der Waals surface area (Å²) in [5.41, 5.74) is -2.35. The fourth-order valence-corrected chi connectivity index (χ4v) is 5.94. The molecule has 2 atom stereocenters. The molecule has 0 spiro atoms. The Morgan fingerprint density at radius 1 is 1.07 bits per heavy atom. The van der Waals surface area contributed by atoms with Gasteiger partial charge < -0.3 is 15.2 Å². The van der Waals surface area contributed by atoms with E-state index in [-0.39, 0.29) is 18.2 Å². The van der Waals surface area contributed by atoms with Gasteiger partial charge in [0.25, 0.3) is 10.0 Å². The molecule has 2 aromatic heterocycles. The third-order valence-corrected chi connectivity index (χ3v) is 8.69. The number of benzene rings is 1. The van der Waals surface area contributed by atoms with Gasteiger partial charge in [-0.25, -0.2) is 22.9 Å². The maximum Gasteiger partial charge on any atom is 0.416 e. The number of carbonyl (C=O) groups excluding carboxylic acids is 1. The second-order valence-corrected chi connectivity index (χ2v) is 12.6. The van der Waals surface area contributed by atoms with Crippen LogP contribution in [0.5, 0.6) is 0 Å². The molecule has 3 N–H and O–H groups in total. The van der Waals surface area contributed by atoms with E-state index < -0.39 is 51.5 Å². The third-order valence-electron chi connectivity index (χ3n) is 7.35. The van der Waals surface area contributed by atoms with Crippen molar-refractivity contribution < 1.29 is 36.2 Å². The van der Waals surface area contributed by atoms with E-state index in [1.54, 1.807) is 18.3 Å². The van der Waals surface area contributed by atoms with Crippen LogP contribution in [0.25, 0.3) is 11.3 Å². The van der Waals surface area contributed by atoms with Crippen LogP contribution in [-0.2, 0) is 27.5 Å². The van der Waals surface area contributed by atoms with Crippen LogP contribution in [0.15, 0.2) is 66.0 Å². The number of alkyl carbamates (subject to hydrolysis) is 1. The van der Waals surface area contributed by atoms with Crippen LogP contribution in [0.4, 0.5) is 18.0 Å². The number of pyridine rings is 1. The van der Waals surface area contributed by atoms with Gasteiger partial charge in [-0.05, 0) is 48.6 Å². The fourth-order valence-electron chi connectivity index (χ4n) is 4.96. The lowest BCUT2D eigenvalue weighted by Gasteiger charge is -2.49. The summed E-state index contributed by atoms with van der Waals surface area (Å²) in [4.78, 5) is 16.9. The third kappa shape index (κ3) is 8.33. The molecule has 1 aromatic carbocycles. The summed E-state index contributed by atoms with van der Waals surface area (Å²) < 4.78 is 74.1. The van der Waals surface area contributed by atoms with E-state index in [1.165, 1.54) is 35.1 Å². The first-order valence-electron chi connectivity index (χ1n) is 13.9. The topological polar surface area (TPSA) is 135 Å². The zero-order chi connectivity index (χ0) is 31.9. The van der Waals surface area contributed by atoms with Gasteiger partial charge in [-0.15, -0.1) is 0 Å². The predicted molar refractivity (Wildman–Crippen MR) is 154 cm³/mol. The molecule has 0 radical (unpaired) electrons. The predicted octanol–water partition coefficient (Wildman–Crippen LogP) is 5.00. The van der Waals surface area contributed by atoms with Gasteiger partial charge >= 0.3 is 12.3 Å². The maximum atomic E-state index is 13.0. The number of alkyl halides is 3. The Morgan fingerprint density at radius 2 is 1.77 bits per heavy atom. The molecule has 0 bridgehead atoms. The number of sulfonamides is 1. The van der Waals surface area contributed by atoms with Gasteiger partial charge in [0.15, 0.2) is 5.03 Å². The Labute approximate surface area is 249 Å². The van der Waals surface area contributed by atoms with Gasteiger partial charge in [-0.1, -0.05) is 52.3 Å². The van der Waals surface area contributed by atoms with Crippen molar-refractivity contribution in [3.8, 4) is 11.3 Å². The summed E-state index contributed by atoms with van der Waals surface area (Å²) in [5.74, 6) is 0. The smallest absolute Gasteiger partial charge is 0.416 e. The molecule has 0 saturated carbocycles. The molecule has 14 heteroatoms. The number of rotatable bonds is 14. The van der Waals surface area contributed by atoms with Crippen LogP contribution in [-0.4, -0.2) is 59.2 Å². The molecule has 0 saturated heterocycles. The number of halogens is 3. The lowest BCUT2D eigenvalue weighted by atomic mass is 9.66. The van der Waals surface area contributed by atoms with Crippen molar-refractivity contribution in [1.82, 2.24) is 24.8 Å². The Bertz CT molecular complexity index is 1450. The zero-order valence-electron chi connectivity index (χ0n) is 24.6. The van der Waals surface area contributed by atoms with Crippen LogP contribution in [0.1, 0.15) is 52.5 Å². The van der Waals surface area contributed by atoms with Gasteiger partial charge in [0.2, 0.25) is 0 Å². The summed E-state index contributed by atoms with van der Waals surface area (Å²) >= 11 is 0. The van der Waals surface area contributed by atoms with Crippen molar-refractivity contribution in [3.63, 3.8) is 0 Å². The number of nitrogens with one attached hydrogen (secondary N) is 2. The molecule has 10 nitrogen and oxygen atoms in total. The maximum absolute atomic E-state index is 13.0. The highest BCUT2D eigenvalue weighted by molar-refractivity contribution is 7.89. The summed E-state index contributed by atoms with van der Waals surface area (Å²) in [6.45, 7) is 6.98. The Hall–Kier alpha value is -3.49. The number of hydrogen-bond acceptors (Lipinski definition) is 7. The van der Waals surface area contributed by atoms with E-state index in [9.17, 15) is 31.5 Å². The number of nitrogens with zero attached hydrogens (tertiary/aromatic N) is 3. The average Bonchev–Trinajstić information content (AvgIpc) is 3.42. The van der Waals surface area contributed by atoms with Gasteiger partial charge in [0.05, 0.1) is 36.1 Å². The monoisotopic (exact) mass is 625 g/mol. The van der Waals surface area contributed by atoms with Crippen molar-refractivity contribution in [2.24, 2.45) is 5.41 Å². The quantitative estimate of drug-likeness (QED) is 0.229. The first kappa shape index (κ1) is 34.0. The number of amides is 1. The molecule has 3 rings (SSSR count). The first-order valence-corrected chi connectivity index (χ1v) is 15.4. The molecule has 3 aromatic rings. The number of aromatic nitrogens is 3. The average molecular weight is 626 g/mol. The normalized spacial score (nSPS) is 14.6. The Morgan fingerprint density at radius 3 is 2.35 bits per heavy atom.